The maximum atomic E-state index is 13.3. The molecule has 0 atom stereocenters. The zero-order valence-corrected chi connectivity index (χ0v) is 22.4. The van der Waals surface area contributed by atoms with Crippen molar-refractivity contribution >= 4 is 12.0 Å². The molecule has 2 heterocycles. The zero-order chi connectivity index (χ0) is 26.7. The number of nitrogens with one attached hydrogen (secondary N) is 1. The van der Waals surface area contributed by atoms with Crippen molar-refractivity contribution in [1.82, 2.24) is 25.2 Å². The van der Waals surface area contributed by atoms with Crippen LogP contribution in [0.1, 0.15) is 47.0 Å². The van der Waals surface area contributed by atoms with Gasteiger partial charge in [0.15, 0.2) is 0 Å². The fourth-order valence-corrected chi connectivity index (χ4v) is 4.06. The van der Waals surface area contributed by atoms with E-state index in [-0.39, 0.29) is 5.91 Å². The van der Waals surface area contributed by atoms with E-state index >= 15 is 0 Å². The molecule has 0 bridgehead atoms. The molecule has 6 heteroatoms. The molecule has 0 fully saturated rings. The average Bonchev–Trinajstić information content (AvgIpc) is 2.94. The van der Waals surface area contributed by atoms with E-state index in [1.807, 2.05) is 50.4 Å². The monoisotopic (exact) mass is 505 g/mol. The molecule has 0 unspecified atom stereocenters. The molecule has 1 N–H and O–H groups in total. The number of hydrogen-bond donors (Lipinski definition) is 1. The minimum atomic E-state index is -0.0753. The van der Waals surface area contributed by atoms with Gasteiger partial charge in [-0.05, 0) is 61.2 Å². The molecule has 0 spiro atoms. The van der Waals surface area contributed by atoms with Gasteiger partial charge in [-0.25, -0.2) is 0 Å². The SMILES string of the molecule is CCCNCc1ccc(-c2ccc(CN(Cc3cnc(C)cn3)C(=O)/C=C/c3ccccc3C)cc2)nc1. The van der Waals surface area contributed by atoms with Gasteiger partial charge in [-0.15, -0.1) is 0 Å². The summed E-state index contributed by atoms with van der Waals surface area (Å²) in [6.07, 6.45) is 10.0. The molecule has 0 saturated carbocycles. The van der Waals surface area contributed by atoms with E-state index in [0.29, 0.717) is 13.1 Å². The van der Waals surface area contributed by atoms with E-state index in [0.717, 1.165) is 58.8 Å². The second-order valence-corrected chi connectivity index (χ2v) is 9.46. The Balaban J connectivity index is 1.48. The highest BCUT2D eigenvalue weighted by Gasteiger charge is 2.14. The standard InChI is InChI=1S/C32H35N5O/c1-4-17-33-19-27-11-15-31(36-20-27)29-12-9-26(10-13-29)22-37(23-30-21-34-25(3)18-35-30)32(38)16-14-28-8-6-5-7-24(28)2/h5-16,18,20-21,33H,4,17,19,22-23H2,1-3H3/b16-14+. The van der Waals surface area contributed by atoms with Crippen molar-refractivity contribution in [3.8, 4) is 11.3 Å². The topological polar surface area (TPSA) is 71.0 Å². The molecule has 2 aromatic heterocycles. The Hall–Kier alpha value is -4.16. The molecule has 1 amide bonds. The normalized spacial score (nSPS) is 11.1. The number of carbonyl (C=O) groups is 1. The summed E-state index contributed by atoms with van der Waals surface area (Å²) in [6.45, 7) is 8.76. The summed E-state index contributed by atoms with van der Waals surface area (Å²) in [7, 11) is 0. The average molecular weight is 506 g/mol. The van der Waals surface area contributed by atoms with Crippen LogP contribution in [-0.4, -0.2) is 32.3 Å². The fourth-order valence-electron chi connectivity index (χ4n) is 4.06. The third kappa shape index (κ3) is 7.67. The number of pyridine rings is 1. The van der Waals surface area contributed by atoms with Gasteiger partial charge in [0.25, 0.3) is 0 Å². The van der Waals surface area contributed by atoms with Gasteiger partial charge in [0.1, 0.15) is 0 Å². The van der Waals surface area contributed by atoms with E-state index in [9.17, 15) is 4.79 Å². The Bertz CT molecular complexity index is 1350. The van der Waals surface area contributed by atoms with E-state index < -0.39 is 0 Å². The first-order valence-corrected chi connectivity index (χ1v) is 13.1. The Morgan fingerprint density at radius 1 is 0.868 bits per heavy atom. The number of benzene rings is 2. The molecular weight excluding hydrogens is 470 g/mol. The van der Waals surface area contributed by atoms with E-state index in [1.165, 1.54) is 5.56 Å². The summed E-state index contributed by atoms with van der Waals surface area (Å²) in [5, 5.41) is 3.40. The Kier molecular flexibility index (Phi) is 9.48. The lowest BCUT2D eigenvalue weighted by molar-refractivity contribution is -0.127. The predicted octanol–water partition coefficient (Wildman–Crippen LogP) is 5.90. The third-order valence-electron chi connectivity index (χ3n) is 6.30. The van der Waals surface area contributed by atoms with Crippen LogP contribution in [0.4, 0.5) is 0 Å². The summed E-state index contributed by atoms with van der Waals surface area (Å²) >= 11 is 0. The Morgan fingerprint density at radius 3 is 2.34 bits per heavy atom. The minimum Gasteiger partial charge on any atom is -0.329 e. The van der Waals surface area contributed by atoms with E-state index in [1.54, 1.807) is 23.4 Å². The number of amides is 1. The highest BCUT2D eigenvalue weighted by molar-refractivity contribution is 5.92. The van der Waals surface area contributed by atoms with E-state index in [4.69, 9.17) is 0 Å². The summed E-state index contributed by atoms with van der Waals surface area (Å²) in [4.78, 5) is 28.5. The molecule has 2 aromatic carbocycles. The zero-order valence-electron chi connectivity index (χ0n) is 22.4. The second kappa shape index (κ2) is 13.4. The molecule has 38 heavy (non-hydrogen) atoms. The lowest BCUT2D eigenvalue weighted by atomic mass is 10.1. The first kappa shape index (κ1) is 26.9. The molecular formula is C32H35N5O. The predicted molar refractivity (Wildman–Crippen MR) is 153 cm³/mol. The molecule has 6 nitrogen and oxygen atoms in total. The quantitative estimate of drug-likeness (QED) is 0.203. The van der Waals surface area contributed by atoms with Crippen molar-refractivity contribution in [2.45, 2.75) is 46.8 Å². The van der Waals surface area contributed by atoms with Crippen molar-refractivity contribution in [2.24, 2.45) is 0 Å². The molecule has 0 radical (unpaired) electrons. The highest BCUT2D eigenvalue weighted by Crippen LogP contribution is 2.19. The van der Waals surface area contributed by atoms with Gasteiger partial charge >= 0.3 is 0 Å². The van der Waals surface area contributed by atoms with Crippen LogP contribution in [0.3, 0.4) is 0 Å². The van der Waals surface area contributed by atoms with Crippen LogP contribution in [0, 0.1) is 13.8 Å². The lowest BCUT2D eigenvalue weighted by Gasteiger charge is -2.21. The molecule has 0 aliphatic heterocycles. The number of rotatable bonds is 11. The van der Waals surface area contributed by atoms with Crippen molar-refractivity contribution < 1.29 is 4.79 Å². The first-order chi connectivity index (χ1) is 18.5. The van der Waals surface area contributed by atoms with Gasteiger partial charge in [0, 0.05) is 37.1 Å². The molecule has 0 aliphatic carbocycles. The van der Waals surface area contributed by atoms with Gasteiger partial charge < -0.3 is 10.2 Å². The number of carbonyl (C=O) groups excluding carboxylic acids is 1. The van der Waals surface area contributed by atoms with Crippen molar-refractivity contribution in [2.75, 3.05) is 6.54 Å². The van der Waals surface area contributed by atoms with Crippen LogP contribution < -0.4 is 5.32 Å². The van der Waals surface area contributed by atoms with Crippen LogP contribution in [-0.2, 0) is 24.4 Å². The molecule has 194 valence electrons. The highest BCUT2D eigenvalue weighted by atomic mass is 16.2. The number of aryl methyl sites for hydroxylation is 2. The Morgan fingerprint density at radius 2 is 1.66 bits per heavy atom. The Labute approximate surface area is 225 Å². The lowest BCUT2D eigenvalue weighted by Crippen LogP contribution is -2.29. The summed E-state index contributed by atoms with van der Waals surface area (Å²) in [6, 6.07) is 20.4. The van der Waals surface area contributed by atoms with Crippen LogP contribution in [0.15, 0.2) is 85.3 Å². The molecule has 4 aromatic rings. The van der Waals surface area contributed by atoms with Crippen LogP contribution >= 0.6 is 0 Å². The van der Waals surface area contributed by atoms with Gasteiger partial charge in [-0.1, -0.05) is 61.5 Å². The van der Waals surface area contributed by atoms with Gasteiger partial charge in [-0.3, -0.25) is 19.7 Å². The summed E-state index contributed by atoms with van der Waals surface area (Å²) in [5.74, 6) is -0.0753. The van der Waals surface area contributed by atoms with Crippen LogP contribution in [0.25, 0.3) is 17.3 Å². The van der Waals surface area contributed by atoms with Gasteiger partial charge in [0.05, 0.1) is 29.8 Å². The number of nitrogens with zero attached hydrogens (tertiary/aromatic N) is 4. The van der Waals surface area contributed by atoms with Gasteiger partial charge in [-0.2, -0.15) is 0 Å². The maximum absolute atomic E-state index is 13.3. The maximum Gasteiger partial charge on any atom is 0.247 e. The summed E-state index contributed by atoms with van der Waals surface area (Å²) in [5.41, 5.74) is 7.94. The number of hydrogen-bond acceptors (Lipinski definition) is 5. The number of aromatic nitrogens is 3. The fraction of sp³-hybridized carbons (Fsp3) is 0.250. The molecule has 0 saturated heterocycles. The molecule has 4 rings (SSSR count). The largest absolute Gasteiger partial charge is 0.329 e. The van der Waals surface area contributed by atoms with Crippen LogP contribution in [0.5, 0.6) is 0 Å². The van der Waals surface area contributed by atoms with Gasteiger partial charge in [0.2, 0.25) is 5.91 Å². The van der Waals surface area contributed by atoms with E-state index in [2.05, 4.69) is 63.6 Å². The van der Waals surface area contributed by atoms with Crippen molar-refractivity contribution in [3.05, 3.63) is 119 Å². The minimum absolute atomic E-state index is 0.0753. The smallest absolute Gasteiger partial charge is 0.247 e. The third-order valence-corrected chi connectivity index (χ3v) is 6.30. The van der Waals surface area contributed by atoms with Crippen molar-refractivity contribution in [3.63, 3.8) is 0 Å². The second-order valence-electron chi connectivity index (χ2n) is 9.46. The first-order valence-electron chi connectivity index (χ1n) is 13.1. The molecule has 0 aliphatic rings. The summed E-state index contributed by atoms with van der Waals surface area (Å²) < 4.78 is 0. The van der Waals surface area contributed by atoms with Crippen molar-refractivity contribution in [1.29, 1.82) is 0 Å². The van der Waals surface area contributed by atoms with Crippen LogP contribution in [0.2, 0.25) is 0 Å².